The number of cyclic esters (lactones) is 1. The zero-order valence-corrected chi connectivity index (χ0v) is 8.83. The first-order chi connectivity index (χ1) is 8.31. The van der Waals surface area contributed by atoms with Gasteiger partial charge < -0.3 is 9.84 Å². The third kappa shape index (κ3) is 1.42. The Morgan fingerprint density at radius 2 is 2.24 bits per heavy atom. The molecule has 0 saturated heterocycles. The van der Waals surface area contributed by atoms with Crippen molar-refractivity contribution in [1.82, 2.24) is 15.0 Å². The molecule has 0 bridgehead atoms. The minimum Gasteiger partial charge on any atom is -0.455 e. The van der Waals surface area contributed by atoms with Crippen LogP contribution in [0.25, 0.3) is 5.69 Å². The lowest BCUT2D eigenvalue weighted by Crippen LogP contribution is -2.04. The van der Waals surface area contributed by atoms with Gasteiger partial charge in [-0.25, -0.2) is 9.48 Å². The molecule has 0 fully saturated rings. The van der Waals surface area contributed by atoms with E-state index in [2.05, 4.69) is 10.3 Å². The molecule has 1 aromatic heterocycles. The van der Waals surface area contributed by atoms with E-state index in [1.165, 1.54) is 4.68 Å². The van der Waals surface area contributed by atoms with Gasteiger partial charge in [-0.3, -0.25) is 0 Å². The van der Waals surface area contributed by atoms with Crippen LogP contribution in [0.4, 0.5) is 0 Å². The number of ether oxygens (including phenoxy) is 1. The standard InChI is InChI=1S/C11H9N3O3/c15-5-8-10-6-17-11(16)7-3-1-2-4-9(7)14(10)13-12-8/h1-4,15H,5-6H2. The molecule has 0 radical (unpaired) electrons. The number of benzene rings is 1. The monoisotopic (exact) mass is 231 g/mol. The molecule has 1 aromatic carbocycles. The van der Waals surface area contributed by atoms with Crippen molar-refractivity contribution in [1.29, 1.82) is 0 Å². The Morgan fingerprint density at radius 1 is 1.41 bits per heavy atom. The fourth-order valence-corrected chi connectivity index (χ4v) is 1.84. The predicted molar refractivity (Wildman–Crippen MR) is 56.4 cm³/mol. The molecule has 6 nitrogen and oxygen atoms in total. The SMILES string of the molecule is O=C1OCc2c(CO)nnn2-c2ccccc21. The van der Waals surface area contributed by atoms with E-state index in [0.717, 1.165) is 0 Å². The van der Waals surface area contributed by atoms with E-state index in [1.807, 2.05) is 6.07 Å². The number of hydrogen-bond donors (Lipinski definition) is 1. The molecule has 0 aliphatic carbocycles. The third-order valence-corrected chi connectivity index (χ3v) is 2.69. The van der Waals surface area contributed by atoms with Crippen molar-refractivity contribution in [3.63, 3.8) is 0 Å². The molecule has 1 aliphatic rings. The van der Waals surface area contributed by atoms with Crippen molar-refractivity contribution in [2.24, 2.45) is 0 Å². The average Bonchev–Trinajstić information content (AvgIpc) is 2.72. The Bertz CT molecular complexity index is 591. The molecule has 0 atom stereocenters. The predicted octanol–water partition coefficient (Wildman–Crippen LogP) is 0.430. The quantitative estimate of drug-likeness (QED) is 0.720. The molecule has 86 valence electrons. The lowest BCUT2D eigenvalue weighted by Gasteiger charge is -2.03. The fourth-order valence-electron chi connectivity index (χ4n) is 1.84. The van der Waals surface area contributed by atoms with Crippen molar-refractivity contribution in [2.45, 2.75) is 13.2 Å². The van der Waals surface area contributed by atoms with Gasteiger partial charge in [-0.1, -0.05) is 17.3 Å². The largest absolute Gasteiger partial charge is 0.455 e. The van der Waals surface area contributed by atoms with Crippen molar-refractivity contribution < 1.29 is 14.6 Å². The zero-order valence-electron chi connectivity index (χ0n) is 8.83. The van der Waals surface area contributed by atoms with E-state index < -0.39 is 5.97 Å². The van der Waals surface area contributed by atoms with Gasteiger partial charge in [0.15, 0.2) is 0 Å². The topological polar surface area (TPSA) is 77.2 Å². The molecular formula is C11H9N3O3. The van der Waals surface area contributed by atoms with Crippen LogP contribution in [0, 0.1) is 0 Å². The molecule has 2 heterocycles. The summed E-state index contributed by atoms with van der Waals surface area (Å²) >= 11 is 0. The lowest BCUT2D eigenvalue weighted by atomic mass is 10.2. The van der Waals surface area contributed by atoms with Crippen LogP contribution in [0.1, 0.15) is 21.7 Å². The van der Waals surface area contributed by atoms with E-state index in [9.17, 15) is 4.79 Å². The van der Waals surface area contributed by atoms with Crippen LogP contribution in [0.3, 0.4) is 0 Å². The second-order valence-corrected chi connectivity index (χ2v) is 3.65. The number of aromatic nitrogens is 3. The van der Waals surface area contributed by atoms with Gasteiger partial charge in [0.1, 0.15) is 18.0 Å². The van der Waals surface area contributed by atoms with Crippen LogP contribution in [-0.2, 0) is 18.0 Å². The first-order valence-corrected chi connectivity index (χ1v) is 5.12. The molecule has 1 N–H and O–H groups in total. The molecule has 1 aliphatic heterocycles. The maximum Gasteiger partial charge on any atom is 0.340 e. The molecule has 0 spiro atoms. The molecule has 0 unspecified atom stereocenters. The molecule has 0 saturated carbocycles. The number of esters is 1. The van der Waals surface area contributed by atoms with Crippen LogP contribution < -0.4 is 0 Å². The highest BCUT2D eigenvalue weighted by atomic mass is 16.5. The summed E-state index contributed by atoms with van der Waals surface area (Å²) in [5, 5.41) is 16.9. The summed E-state index contributed by atoms with van der Waals surface area (Å²) < 4.78 is 6.64. The Balaban J connectivity index is 2.27. The number of carbonyl (C=O) groups is 1. The highest BCUT2D eigenvalue weighted by Gasteiger charge is 2.24. The Hall–Kier alpha value is -2.21. The van der Waals surface area contributed by atoms with E-state index in [0.29, 0.717) is 22.6 Å². The summed E-state index contributed by atoms with van der Waals surface area (Å²) in [4.78, 5) is 11.7. The van der Waals surface area contributed by atoms with Crippen molar-refractivity contribution in [3.05, 3.63) is 41.2 Å². The Kier molecular flexibility index (Phi) is 2.15. The average molecular weight is 231 g/mol. The maximum absolute atomic E-state index is 11.7. The summed E-state index contributed by atoms with van der Waals surface area (Å²) in [5.74, 6) is -0.394. The van der Waals surface area contributed by atoms with Gasteiger partial charge in [-0.2, -0.15) is 0 Å². The summed E-state index contributed by atoms with van der Waals surface area (Å²) in [6.45, 7) is -0.161. The maximum atomic E-state index is 11.7. The fraction of sp³-hybridized carbons (Fsp3) is 0.182. The molecule has 6 heteroatoms. The van der Waals surface area contributed by atoms with Gasteiger partial charge in [0, 0.05) is 0 Å². The summed E-state index contributed by atoms with van der Waals surface area (Å²) in [6, 6.07) is 7.00. The number of fused-ring (bicyclic) bond motifs is 3. The first-order valence-electron chi connectivity index (χ1n) is 5.12. The van der Waals surface area contributed by atoms with Crippen LogP contribution in [0.5, 0.6) is 0 Å². The minimum atomic E-state index is -0.394. The number of aliphatic hydroxyl groups excluding tert-OH is 1. The van der Waals surface area contributed by atoms with Crippen LogP contribution in [-0.4, -0.2) is 26.1 Å². The van der Waals surface area contributed by atoms with Gasteiger partial charge >= 0.3 is 5.97 Å². The Labute approximate surface area is 96.4 Å². The van der Waals surface area contributed by atoms with Gasteiger partial charge in [-0.05, 0) is 12.1 Å². The van der Waals surface area contributed by atoms with Crippen LogP contribution in [0.15, 0.2) is 24.3 Å². The molecule has 2 aromatic rings. The second kappa shape index (κ2) is 3.67. The number of rotatable bonds is 1. The number of para-hydroxylation sites is 1. The summed E-state index contributed by atoms with van der Waals surface area (Å²) in [7, 11) is 0. The number of nitrogens with zero attached hydrogens (tertiary/aromatic N) is 3. The highest BCUT2D eigenvalue weighted by Crippen LogP contribution is 2.22. The summed E-state index contributed by atoms with van der Waals surface area (Å²) in [6.07, 6.45) is 0. The number of aliphatic hydroxyl groups is 1. The van der Waals surface area contributed by atoms with E-state index >= 15 is 0 Å². The number of carbonyl (C=O) groups excluding carboxylic acids is 1. The third-order valence-electron chi connectivity index (χ3n) is 2.69. The molecule has 17 heavy (non-hydrogen) atoms. The highest BCUT2D eigenvalue weighted by molar-refractivity contribution is 5.93. The molecule has 3 rings (SSSR count). The minimum absolute atomic E-state index is 0.0659. The van der Waals surface area contributed by atoms with Crippen LogP contribution in [0.2, 0.25) is 0 Å². The van der Waals surface area contributed by atoms with E-state index in [1.54, 1.807) is 18.2 Å². The van der Waals surface area contributed by atoms with Gasteiger partial charge in [0.25, 0.3) is 0 Å². The smallest absolute Gasteiger partial charge is 0.340 e. The molecular weight excluding hydrogens is 222 g/mol. The van der Waals surface area contributed by atoms with Crippen LogP contribution >= 0.6 is 0 Å². The zero-order chi connectivity index (χ0) is 11.8. The van der Waals surface area contributed by atoms with Crippen molar-refractivity contribution in [3.8, 4) is 5.69 Å². The molecule has 0 amide bonds. The first kappa shape index (κ1) is 9.98. The van der Waals surface area contributed by atoms with Crippen molar-refractivity contribution in [2.75, 3.05) is 0 Å². The second-order valence-electron chi connectivity index (χ2n) is 3.65. The normalized spacial score (nSPS) is 13.6. The van der Waals surface area contributed by atoms with Gasteiger partial charge in [0.2, 0.25) is 0 Å². The van der Waals surface area contributed by atoms with E-state index in [-0.39, 0.29) is 13.2 Å². The van der Waals surface area contributed by atoms with Gasteiger partial charge in [0.05, 0.1) is 17.9 Å². The summed E-state index contributed by atoms with van der Waals surface area (Å²) in [5.41, 5.74) is 2.10. The lowest BCUT2D eigenvalue weighted by molar-refractivity contribution is 0.0473. The van der Waals surface area contributed by atoms with Gasteiger partial charge in [-0.15, -0.1) is 5.10 Å². The Morgan fingerprint density at radius 3 is 3.06 bits per heavy atom. The van der Waals surface area contributed by atoms with Crippen molar-refractivity contribution >= 4 is 5.97 Å². The number of hydrogen-bond acceptors (Lipinski definition) is 5. The van der Waals surface area contributed by atoms with E-state index in [4.69, 9.17) is 9.84 Å².